The van der Waals surface area contributed by atoms with E-state index in [0.717, 1.165) is 18.2 Å². The van der Waals surface area contributed by atoms with Crippen molar-refractivity contribution < 1.29 is 14.7 Å². The predicted octanol–water partition coefficient (Wildman–Crippen LogP) is 2.25. The van der Waals surface area contributed by atoms with Crippen LogP contribution in [-0.2, 0) is 4.79 Å². The van der Waals surface area contributed by atoms with E-state index in [1.807, 2.05) is 6.07 Å². The van der Waals surface area contributed by atoms with E-state index in [4.69, 9.17) is 5.11 Å². The zero-order valence-corrected chi connectivity index (χ0v) is 13.3. The highest BCUT2D eigenvalue weighted by molar-refractivity contribution is 6.05. The Labute approximate surface area is 139 Å². The summed E-state index contributed by atoms with van der Waals surface area (Å²) in [5.74, 6) is -0.694. The standard InChI is InChI=1S/C18H20N2O4/c21-15-8-7-13-4-1-5-14(17(13)19-15)18(24)20-10-2-3-12(11-20)6-9-16(22)23/h1,4-5,7-8,12H,2-3,6,9-11H2,(H,19,21)(H,22,23)/t12-/m1/s1. The summed E-state index contributed by atoms with van der Waals surface area (Å²) < 4.78 is 0. The summed E-state index contributed by atoms with van der Waals surface area (Å²) in [5, 5.41) is 9.65. The van der Waals surface area contributed by atoms with E-state index >= 15 is 0 Å². The van der Waals surface area contributed by atoms with E-state index in [1.165, 1.54) is 6.07 Å². The molecular weight excluding hydrogens is 308 g/mol. The molecule has 0 saturated carbocycles. The molecule has 1 atom stereocenters. The molecule has 6 heteroatoms. The first-order valence-corrected chi connectivity index (χ1v) is 8.18. The van der Waals surface area contributed by atoms with E-state index in [2.05, 4.69) is 4.98 Å². The number of pyridine rings is 1. The minimum atomic E-state index is -0.801. The maximum Gasteiger partial charge on any atom is 0.303 e. The van der Waals surface area contributed by atoms with E-state index in [-0.39, 0.29) is 23.8 Å². The molecule has 0 aliphatic carbocycles. The molecule has 2 aromatic rings. The van der Waals surface area contributed by atoms with Crippen LogP contribution in [0.5, 0.6) is 0 Å². The molecule has 0 radical (unpaired) electrons. The number of H-pyrrole nitrogens is 1. The van der Waals surface area contributed by atoms with Crippen LogP contribution in [0.15, 0.2) is 35.1 Å². The normalized spacial score (nSPS) is 17.8. The number of carboxylic acid groups (broad SMARTS) is 1. The third kappa shape index (κ3) is 3.48. The second-order valence-electron chi connectivity index (χ2n) is 6.28. The van der Waals surface area contributed by atoms with Crippen molar-refractivity contribution in [2.24, 2.45) is 5.92 Å². The van der Waals surface area contributed by atoms with Crippen LogP contribution in [0.4, 0.5) is 0 Å². The van der Waals surface area contributed by atoms with Crippen LogP contribution >= 0.6 is 0 Å². The van der Waals surface area contributed by atoms with Gasteiger partial charge in [0, 0.05) is 25.6 Å². The Morgan fingerprint density at radius 3 is 2.88 bits per heavy atom. The molecule has 1 amide bonds. The third-order valence-corrected chi connectivity index (χ3v) is 4.56. The van der Waals surface area contributed by atoms with Crippen molar-refractivity contribution >= 4 is 22.8 Å². The van der Waals surface area contributed by atoms with Crippen LogP contribution in [0.25, 0.3) is 10.9 Å². The van der Waals surface area contributed by atoms with Gasteiger partial charge in [-0.2, -0.15) is 0 Å². The molecule has 3 rings (SSSR count). The summed E-state index contributed by atoms with van der Waals surface area (Å²) in [4.78, 5) is 39.8. The first-order chi connectivity index (χ1) is 11.5. The Bertz CT molecular complexity index is 827. The number of amides is 1. The van der Waals surface area contributed by atoms with E-state index in [1.54, 1.807) is 23.1 Å². The van der Waals surface area contributed by atoms with Gasteiger partial charge in [0.1, 0.15) is 0 Å². The van der Waals surface area contributed by atoms with Crippen molar-refractivity contribution in [1.82, 2.24) is 9.88 Å². The van der Waals surface area contributed by atoms with Gasteiger partial charge in [0.25, 0.3) is 5.91 Å². The topological polar surface area (TPSA) is 90.5 Å². The van der Waals surface area contributed by atoms with E-state index in [0.29, 0.717) is 30.6 Å². The predicted molar refractivity (Wildman–Crippen MR) is 90.1 cm³/mol. The summed E-state index contributed by atoms with van der Waals surface area (Å²) in [5.41, 5.74) is 0.812. The molecule has 1 aromatic carbocycles. The summed E-state index contributed by atoms with van der Waals surface area (Å²) in [6.45, 7) is 1.23. The molecule has 2 heterocycles. The van der Waals surface area contributed by atoms with Crippen LogP contribution in [0.1, 0.15) is 36.0 Å². The Kier molecular flexibility index (Phi) is 4.64. The maximum atomic E-state index is 12.9. The summed E-state index contributed by atoms with van der Waals surface area (Å²) in [6, 6.07) is 8.53. The van der Waals surface area contributed by atoms with Crippen LogP contribution in [0, 0.1) is 5.92 Å². The number of hydrogen-bond acceptors (Lipinski definition) is 3. The number of likely N-dealkylation sites (tertiary alicyclic amines) is 1. The monoisotopic (exact) mass is 328 g/mol. The van der Waals surface area contributed by atoms with Crippen molar-refractivity contribution in [2.75, 3.05) is 13.1 Å². The number of para-hydroxylation sites is 1. The first kappa shape index (κ1) is 16.2. The summed E-state index contributed by atoms with van der Waals surface area (Å²) in [6.07, 6.45) is 2.54. The maximum absolute atomic E-state index is 12.9. The lowest BCUT2D eigenvalue weighted by Crippen LogP contribution is -2.40. The van der Waals surface area contributed by atoms with Crippen molar-refractivity contribution in [1.29, 1.82) is 0 Å². The van der Waals surface area contributed by atoms with Crippen molar-refractivity contribution in [3.63, 3.8) is 0 Å². The lowest BCUT2D eigenvalue weighted by molar-refractivity contribution is -0.137. The molecule has 0 spiro atoms. The van der Waals surface area contributed by atoms with Gasteiger partial charge in [0.15, 0.2) is 0 Å². The van der Waals surface area contributed by atoms with E-state index in [9.17, 15) is 14.4 Å². The minimum Gasteiger partial charge on any atom is -0.481 e. The summed E-state index contributed by atoms with van der Waals surface area (Å²) >= 11 is 0. The molecule has 24 heavy (non-hydrogen) atoms. The molecule has 1 saturated heterocycles. The second kappa shape index (κ2) is 6.86. The Balaban J connectivity index is 1.82. The highest BCUT2D eigenvalue weighted by Crippen LogP contribution is 2.24. The molecule has 1 aliphatic heterocycles. The molecule has 1 aliphatic rings. The largest absolute Gasteiger partial charge is 0.481 e. The highest BCUT2D eigenvalue weighted by atomic mass is 16.4. The Morgan fingerprint density at radius 2 is 2.08 bits per heavy atom. The molecule has 0 unspecified atom stereocenters. The van der Waals surface area contributed by atoms with Gasteiger partial charge in [-0.25, -0.2) is 0 Å². The van der Waals surface area contributed by atoms with Crippen LogP contribution in [0.2, 0.25) is 0 Å². The number of benzene rings is 1. The first-order valence-electron chi connectivity index (χ1n) is 8.18. The van der Waals surface area contributed by atoms with Crippen molar-refractivity contribution in [3.8, 4) is 0 Å². The number of piperidine rings is 1. The Hall–Kier alpha value is -2.63. The second-order valence-corrected chi connectivity index (χ2v) is 6.28. The number of nitrogens with one attached hydrogen (secondary N) is 1. The van der Waals surface area contributed by atoms with Gasteiger partial charge in [-0.3, -0.25) is 14.4 Å². The van der Waals surface area contributed by atoms with Gasteiger partial charge in [0.2, 0.25) is 5.56 Å². The molecule has 126 valence electrons. The smallest absolute Gasteiger partial charge is 0.303 e. The van der Waals surface area contributed by atoms with Gasteiger partial charge in [-0.05, 0) is 42.7 Å². The highest BCUT2D eigenvalue weighted by Gasteiger charge is 2.25. The SMILES string of the molecule is O=C(O)CC[C@H]1CCCN(C(=O)c2cccc3ccc(=O)[nH]c23)C1. The quantitative estimate of drug-likeness (QED) is 0.900. The number of rotatable bonds is 4. The fraction of sp³-hybridized carbons (Fsp3) is 0.389. The minimum absolute atomic E-state index is 0.109. The molecule has 1 aromatic heterocycles. The zero-order chi connectivity index (χ0) is 17.1. The third-order valence-electron chi connectivity index (χ3n) is 4.56. The number of carbonyl (C=O) groups is 2. The fourth-order valence-corrected chi connectivity index (χ4v) is 3.34. The number of aromatic nitrogens is 1. The number of nitrogens with zero attached hydrogens (tertiary/aromatic N) is 1. The lowest BCUT2D eigenvalue weighted by Gasteiger charge is -2.33. The molecule has 1 fully saturated rings. The Morgan fingerprint density at radius 1 is 1.25 bits per heavy atom. The van der Waals surface area contributed by atoms with Gasteiger partial charge < -0.3 is 15.0 Å². The molecular formula is C18H20N2O4. The number of fused-ring (bicyclic) bond motifs is 1. The van der Waals surface area contributed by atoms with Crippen molar-refractivity contribution in [2.45, 2.75) is 25.7 Å². The molecule has 2 N–H and O–H groups in total. The molecule has 0 bridgehead atoms. The average Bonchev–Trinajstić information content (AvgIpc) is 2.59. The number of aliphatic carboxylic acids is 1. The van der Waals surface area contributed by atoms with Crippen LogP contribution in [-0.4, -0.2) is 40.0 Å². The summed E-state index contributed by atoms with van der Waals surface area (Å²) in [7, 11) is 0. The fourth-order valence-electron chi connectivity index (χ4n) is 3.34. The van der Waals surface area contributed by atoms with Crippen LogP contribution < -0.4 is 5.56 Å². The van der Waals surface area contributed by atoms with Gasteiger partial charge in [-0.1, -0.05) is 12.1 Å². The van der Waals surface area contributed by atoms with Crippen LogP contribution in [0.3, 0.4) is 0 Å². The average molecular weight is 328 g/mol. The van der Waals surface area contributed by atoms with Gasteiger partial charge >= 0.3 is 5.97 Å². The van der Waals surface area contributed by atoms with Gasteiger partial charge in [0.05, 0.1) is 11.1 Å². The number of carboxylic acids is 1. The number of carbonyl (C=O) groups excluding carboxylic acids is 1. The van der Waals surface area contributed by atoms with Crippen molar-refractivity contribution in [3.05, 3.63) is 46.2 Å². The lowest BCUT2D eigenvalue weighted by atomic mass is 9.93. The molecule has 6 nitrogen and oxygen atoms in total. The number of aromatic amines is 1. The zero-order valence-electron chi connectivity index (χ0n) is 13.3. The van der Waals surface area contributed by atoms with Gasteiger partial charge in [-0.15, -0.1) is 0 Å². The van der Waals surface area contributed by atoms with E-state index < -0.39 is 5.97 Å². The number of hydrogen-bond donors (Lipinski definition) is 2.